The number of rotatable bonds is 7. The van der Waals surface area contributed by atoms with Crippen LogP contribution in [0.15, 0.2) is 187 Å². The third kappa shape index (κ3) is 5.69. The van der Waals surface area contributed by atoms with Crippen molar-refractivity contribution in [1.29, 1.82) is 0 Å². The van der Waals surface area contributed by atoms with Gasteiger partial charge in [0.05, 0.1) is 5.69 Å². The minimum atomic E-state index is 1.11. The minimum Gasteiger partial charge on any atom is -0.310 e. The molecule has 0 aliphatic rings. The summed E-state index contributed by atoms with van der Waals surface area (Å²) in [6, 6.07) is 66.0. The molecule has 2 heteroatoms. The lowest BCUT2D eigenvalue weighted by Gasteiger charge is -2.29. The van der Waals surface area contributed by atoms with Crippen molar-refractivity contribution < 1.29 is 0 Å². The molecule has 0 saturated carbocycles. The zero-order valence-electron chi connectivity index (χ0n) is 26.2. The van der Waals surface area contributed by atoms with Crippen molar-refractivity contribution in [3.05, 3.63) is 182 Å². The number of hydrogen-bond acceptors (Lipinski definition) is 2. The zero-order valence-corrected chi connectivity index (χ0v) is 27.0. The summed E-state index contributed by atoms with van der Waals surface area (Å²) in [5.41, 5.74) is 10.6. The second-order valence-electron chi connectivity index (χ2n) is 11.8. The molecule has 0 spiro atoms. The highest BCUT2D eigenvalue weighted by Crippen LogP contribution is 2.45. The molecule has 0 fully saturated rings. The number of hydrogen-bond donors (Lipinski definition) is 0. The van der Waals surface area contributed by atoms with E-state index in [9.17, 15) is 0 Å². The maximum Gasteiger partial charge on any atom is 0.0546 e. The topological polar surface area (TPSA) is 3.24 Å². The van der Waals surface area contributed by atoms with Gasteiger partial charge in [0.15, 0.2) is 0 Å². The largest absolute Gasteiger partial charge is 0.310 e. The van der Waals surface area contributed by atoms with E-state index in [0.29, 0.717) is 0 Å². The van der Waals surface area contributed by atoms with E-state index < -0.39 is 0 Å². The maximum absolute atomic E-state index is 2.42. The minimum absolute atomic E-state index is 1.11. The Morgan fingerprint density at radius 2 is 0.894 bits per heavy atom. The summed E-state index contributed by atoms with van der Waals surface area (Å²) >= 11 is 1.78. The lowest BCUT2D eigenvalue weighted by Crippen LogP contribution is -2.11. The van der Waals surface area contributed by atoms with Crippen LogP contribution >= 0.6 is 11.8 Å². The summed E-state index contributed by atoms with van der Waals surface area (Å²) in [6.45, 7) is 0. The van der Waals surface area contributed by atoms with E-state index in [2.05, 4.69) is 193 Å². The van der Waals surface area contributed by atoms with Crippen molar-refractivity contribution in [1.82, 2.24) is 0 Å². The Morgan fingerprint density at radius 1 is 0.383 bits per heavy atom. The molecule has 0 aliphatic carbocycles. The van der Waals surface area contributed by atoms with Gasteiger partial charge in [0.25, 0.3) is 0 Å². The van der Waals surface area contributed by atoms with Crippen molar-refractivity contribution in [3.63, 3.8) is 0 Å². The fourth-order valence-electron chi connectivity index (χ4n) is 6.54. The second-order valence-corrected chi connectivity index (χ2v) is 12.7. The first-order valence-electron chi connectivity index (χ1n) is 16.0. The molecular formula is C45H33NS. The van der Waals surface area contributed by atoms with Gasteiger partial charge in [0.1, 0.15) is 0 Å². The fraction of sp³-hybridized carbons (Fsp3) is 0.0222. The number of anilines is 3. The first kappa shape index (κ1) is 28.9. The van der Waals surface area contributed by atoms with Crippen LogP contribution in [0.5, 0.6) is 0 Å². The predicted octanol–water partition coefficient (Wildman–Crippen LogP) is 13.2. The molecule has 8 rings (SSSR count). The second kappa shape index (κ2) is 12.7. The standard InChI is InChI=1S/C45H33NS/c1-47-41-28-23-36-17-10-18-42(43(36)31-41)44-29-37-15-8-9-16-38(37)30-45(44)46(39-24-19-34(20-25-39)32-11-4-2-5-12-32)40-26-21-35(22-27-40)33-13-6-3-7-14-33/h2-31H,1H3. The summed E-state index contributed by atoms with van der Waals surface area (Å²) in [4.78, 5) is 3.68. The Labute approximate surface area is 280 Å². The van der Waals surface area contributed by atoms with Gasteiger partial charge in [-0.25, -0.2) is 0 Å². The zero-order chi connectivity index (χ0) is 31.6. The Balaban J connectivity index is 1.37. The highest BCUT2D eigenvalue weighted by Gasteiger charge is 2.20. The van der Waals surface area contributed by atoms with Gasteiger partial charge >= 0.3 is 0 Å². The molecule has 8 aromatic rings. The molecule has 8 aromatic carbocycles. The van der Waals surface area contributed by atoms with E-state index in [1.165, 1.54) is 59.8 Å². The summed E-state index contributed by atoms with van der Waals surface area (Å²) in [6.07, 6.45) is 2.14. The first-order valence-corrected chi connectivity index (χ1v) is 17.2. The molecule has 0 heterocycles. The Morgan fingerprint density at radius 3 is 1.47 bits per heavy atom. The molecule has 0 bridgehead atoms. The van der Waals surface area contributed by atoms with Gasteiger partial charge in [0.2, 0.25) is 0 Å². The predicted molar refractivity (Wildman–Crippen MR) is 204 cm³/mol. The smallest absolute Gasteiger partial charge is 0.0546 e. The van der Waals surface area contributed by atoms with Gasteiger partial charge in [0, 0.05) is 21.8 Å². The van der Waals surface area contributed by atoms with E-state index in [0.717, 1.165) is 17.1 Å². The van der Waals surface area contributed by atoms with Crippen LogP contribution in [0.4, 0.5) is 17.1 Å². The molecule has 0 saturated heterocycles. The Bertz CT molecular complexity index is 2230. The fourth-order valence-corrected chi connectivity index (χ4v) is 6.98. The molecule has 0 unspecified atom stereocenters. The molecule has 0 radical (unpaired) electrons. The Hall–Kier alpha value is -5.57. The van der Waals surface area contributed by atoms with Crippen LogP contribution in [-0.2, 0) is 0 Å². The van der Waals surface area contributed by atoms with Gasteiger partial charge in [-0.2, -0.15) is 0 Å². The van der Waals surface area contributed by atoms with Crippen molar-refractivity contribution in [2.45, 2.75) is 4.90 Å². The molecule has 224 valence electrons. The summed E-state index contributed by atoms with van der Waals surface area (Å²) in [7, 11) is 0. The number of nitrogens with zero attached hydrogens (tertiary/aromatic N) is 1. The highest BCUT2D eigenvalue weighted by molar-refractivity contribution is 7.98. The third-order valence-corrected chi connectivity index (χ3v) is 9.67. The van der Waals surface area contributed by atoms with Crippen LogP contribution in [0.3, 0.4) is 0 Å². The van der Waals surface area contributed by atoms with E-state index >= 15 is 0 Å². The summed E-state index contributed by atoms with van der Waals surface area (Å²) in [5, 5.41) is 4.94. The SMILES string of the molecule is CSc1ccc2cccc(-c3cc4ccccc4cc3N(c3ccc(-c4ccccc4)cc3)c3ccc(-c4ccccc4)cc3)c2c1. The van der Waals surface area contributed by atoms with Crippen molar-refractivity contribution in [2.75, 3.05) is 11.2 Å². The van der Waals surface area contributed by atoms with Crippen LogP contribution in [0.1, 0.15) is 0 Å². The van der Waals surface area contributed by atoms with Gasteiger partial charge in [-0.3, -0.25) is 0 Å². The summed E-state index contributed by atoms with van der Waals surface area (Å²) in [5.74, 6) is 0. The average Bonchev–Trinajstić information content (AvgIpc) is 3.15. The lowest BCUT2D eigenvalue weighted by molar-refractivity contribution is 1.29. The van der Waals surface area contributed by atoms with E-state index in [4.69, 9.17) is 0 Å². The molecular weight excluding hydrogens is 587 g/mol. The van der Waals surface area contributed by atoms with E-state index in [1.807, 2.05) is 0 Å². The van der Waals surface area contributed by atoms with Crippen LogP contribution in [0, 0.1) is 0 Å². The molecule has 1 nitrogen and oxygen atoms in total. The molecule has 0 aromatic heterocycles. The number of thioether (sulfide) groups is 1. The van der Waals surface area contributed by atoms with E-state index in [-0.39, 0.29) is 0 Å². The first-order chi connectivity index (χ1) is 23.2. The highest BCUT2D eigenvalue weighted by atomic mass is 32.2. The quantitative estimate of drug-likeness (QED) is 0.163. The van der Waals surface area contributed by atoms with Gasteiger partial charge < -0.3 is 4.90 Å². The Kier molecular flexibility index (Phi) is 7.78. The molecule has 0 amide bonds. The molecule has 0 N–H and O–H groups in total. The van der Waals surface area contributed by atoms with Crippen LogP contribution in [0.2, 0.25) is 0 Å². The maximum atomic E-state index is 2.42. The van der Waals surface area contributed by atoms with Gasteiger partial charge in [-0.05, 0) is 104 Å². The van der Waals surface area contributed by atoms with Gasteiger partial charge in [-0.1, -0.05) is 133 Å². The van der Waals surface area contributed by atoms with Gasteiger partial charge in [-0.15, -0.1) is 11.8 Å². The normalized spacial score (nSPS) is 11.2. The lowest BCUT2D eigenvalue weighted by atomic mass is 9.93. The number of fused-ring (bicyclic) bond motifs is 2. The van der Waals surface area contributed by atoms with Crippen molar-refractivity contribution in [2.24, 2.45) is 0 Å². The molecule has 0 atom stereocenters. The number of benzene rings is 8. The van der Waals surface area contributed by atoms with Crippen LogP contribution in [-0.4, -0.2) is 6.26 Å². The van der Waals surface area contributed by atoms with E-state index in [1.54, 1.807) is 11.8 Å². The van der Waals surface area contributed by atoms with Crippen molar-refractivity contribution >= 4 is 50.4 Å². The van der Waals surface area contributed by atoms with Crippen LogP contribution < -0.4 is 4.90 Å². The van der Waals surface area contributed by atoms with Crippen LogP contribution in [0.25, 0.3) is 54.9 Å². The average molecular weight is 620 g/mol. The molecule has 0 aliphatic heterocycles. The summed E-state index contributed by atoms with van der Waals surface area (Å²) < 4.78 is 0. The third-order valence-electron chi connectivity index (χ3n) is 8.95. The van der Waals surface area contributed by atoms with Crippen molar-refractivity contribution in [3.8, 4) is 33.4 Å². The molecule has 47 heavy (non-hydrogen) atoms. The monoisotopic (exact) mass is 619 g/mol.